The van der Waals surface area contributed by atoms with Crippen LogP contribution in [0.25, 0.3) is 38.8 Å². The second kappa shape index (κ2) is 8.05. The highest BCUT2D eigenvalue weighted by atomic mass is 14.3. The summed E-state index contributed by atoms with van der Waals surface area (Å²) >= 11 is 0. The molecule has 0 spiro atoms. The van der Waals surface area contributed by atoms with Crippen LogP contribution in [0.1, 0.15) is 42.5 Å². The molecule has 0 unspecified atom stereocenters. The van der Waals surface area contributed by atoms with Gasteiger partial charge in [0.15, 0.2) is 0 Å². The fourth-order valence-corrected chi connectivity index (χ4v) is 5.71. The van der Waals surface area contributed by atoms with E-state index in [0.717, 1.165) is 12.8 Å². The molecule has 0 heterocycles. The molecule has 160 valence electrons. The average Bonchev–Trinajstić information content (AvgIpc) is 3.11. The van der Waals surface area contributed by atoms with Gasteiger partial charge in [-0.3, -0.25) is 0 Å². The molecule has 6 rings (SSSR count). The minimum absolute atomic E-state index is 0.506. The van der Waals surface area contributed by atoms with Gasteiger partial charge in [0, 0.05) is 0 Å². The van der Waals surface area contributed by atoms with Crippen molar-refractivity contribution in [2.45, 2.75) is 26.7 Å². The molecule has 4 aromatic rings. The molecule has 0 N–H and O–H groups in total. The van der Waals surface area contributed by atoms with Crippen LogP contribution < -0.4 is 0 Å². The Kier molecular flexibility index (Phi) is 4.88. The lowest BCUT2D eigenvalue weighted by Gasteiger charge is -2.25. The normalized spacial score (nSPS) is 17.9. The van der Waals surface area contributed by atoms with Gasteiger partial charge in [0.2, 0.25) is 0 Å². The van der Waals surface area contributed by atoms with Crippen LogP contribution in [0.5, 0.6) is 0 Å². The van der Waals surface area contributed by atoms with Crippen molar-refractivity contribution in [1.82, 2.24) is 0 Å². The van der Waals surface area contributed by atoms with Crippen molar-refractivity contribution in [3.05, 3.63) is 125 Å². The molecule has 0 heteroatoms. The monoisotopic (exact) mass is 424 g/mol. The summed E-state index contributed by atoms with van der Waals surface area (Å²) in [5.74, 6) is 0.506. The number of allylic oxidation sites excluding steroid dienone is 7. The molecule has 0 fully saturated rings. The first-order valence-corrected chi connectivity index (χ1v) is 12.0. The molecular formula is C33H28. The fraction of sp³-hybridized carbons (Fsp3) is 0.152. The number of fused-ring (bicyclic) bond motifs is 6. The summed E-state index contributed by atoms with van der Waals surface area (Å²) in [5, 5.41) is 5.44. The highest BCUT2D eigenvalue weighted by Gasteiger charge is 2.21. The summed E-state index contributed by atoms with van der Waals surface area (Å²) < 4.78 is 0. The Labute approximate surface area is 196 Å². The summed E-state index contributed by atoms with van der Waals surface area (Å²) in [4.78, 5) is 0. The summed E-state index contributed by atoms with van der Waals surface area (Å²) in [6.07, 6.45) is 13.5. The van der Waals surface area contributed by atoms with E-state index in [9.17, 15) is 0 Å². The topological polar surface area (TPSA) is 0 Å². The van der Waals surface area contributed by atoms with Crippen molar-refractivity contribution in [3.63, 3.8) is 0 Å². The minimum atomic E-state index is 0.506. The summed E-state index contributed by atoms with van der Waals surface area (Å²) in [6.45, 7) is 4.66. The smallest absolute Gasteiger partial charge is 0.00820 e. The van der Waals surface area contributed by atoms with Gasteiger partial charge in [-0.15, -0.1) is 0 Å². The van der Waals surface area contributed by atoms with Crippen molar-refractivity contribution in [3.8, 4) is 0 Å². The number of hydrogen-bond acceptors (Lipinski definition) is 0. The zero-order chi connectivity index (χ0) is 22.4. The first kappa shape index (κ1) is 20.0. The van der Waals surface area contributed by atoms with Crippen LogP contribution in [0, 0.1) is 5.92 Å². The molecule has 2 aliphatic rings. The Balaban J connectivity index is 1.59. The molecule has 2 aliphatic carbocycles. The SMILES string of the molecule is CC1=C(c2ccccc2)C=C(c2ccc3c(c2)c2c(c4ccccc43)CC=CC=C2)[C@H](C)C1. The molecule has 0 radical (unpaired) electrons. The molecule has 0 nitrogen and oxygen atoms in total. The molecule has 33 heavy (non-hydrogen) atoms. The molecule has 0 amide bonds. The quantitative estimate of drug-likeness (QED) is 0.282. The number of rotatable bonds is 2. The maximum absolute atomic E-state index is 2.45. The largest absolute Gasteiger partial charge is 0.0801 e. The lowest BCUT2D eigenvalue weighted by molar-refractivity contribution is 0.731. The highest BCUT2D eigenvalue weighted by molar-refractivity contribution is 6.13. The van der Waals surface area contributed by atoms with Crippen LogP contribution in [0.2, 0.25) is 0 Å². The van der Waals surface area contributed by atoms with E-state index in [0.29, 0.717) is 5.92 Å². The summed E-state index contributed by atoms with van der Waals surface area (Å²) in [5.41, 5.74) is 9.77. The van der Waals surface area contributed by atoms with E-state index in [1.54, 1.807) is 0 Å². The molecule has 1 atom stereocenters. The third kappa shape index (κ3) is 3.38. The molecule has 0 aliphatic heterocycles. The van der Waals surface area contributed by atoms with Gasteiger partial charge in [0.25, 0.3) is 0 Å². The summed E-state index contributed by atoms with van der Waals surface area (Å²) in [7, 11) is 0. The van der Waals surface area contributed by atoms with E-state index in [4.69, 9.17) is 0 Å². The Hall–Kier alpha value is -3.64. The van der Waals surface area contributed by atoms with Gasteiger partial charge < -0.3 is 0 Å². The molecule has 4 aromatic carbocycles. The van der Waals surface area contributed by atoms with E-state index < -0.39 is 0 Å². The third-order valence-corrected chi connectivity index (χ3v) is 7.33. The standard InChI is InChI=1S/C33H28/c1-22-19-23(2)32(21-31(22)24-11-5-3-6-12-24)25-17-18-30-28-16-10-9-15-26(28)27-13-7-4-8-14-29(27)33(30)20-25/h3-12,14-18,20-21,23H,13,19H2,1-2H3/t23-/m1/s1. The number of hydrogen-bond donors (Lipinski definition) is 0. The van der Waals surface area contributed by atoms with Crippen LogP contribution in [-0.4, -0.2) is 0 Å². The molecule has 0 aromatic heterocycles. The first-order chi connectivity index (χ1) is 16.2. The van der Waals surface area contributed by atoms with Gasteiger partial charge in [0.05, 0.1) is 0 Å². The first-order valence-electron chi connectivity index (χ1n) is 12.0. The Morgan fingerprint density at radius 1 is 0.727 bits per heavy atom. The Morgan fingerprint density at radius 3 is 2.33 bits per heavy atom. The lowest BCUT2D eigenvalue weighted by atomic mass is 9.79. The lowest BCUT2D eigenvalue weighted by Crippen LogP contribution is -2.07. The maximum atomic E-state index is 2.45. The van der Waals surface area contributed by atoms with Gasteiger partial charge in [-0.2, -0.15) is 0 Å². The molecule has 0 saturated carbocycles. The van der Waals surface area contributed by atoms with Gasteiger partial charge in [0.1, 0.15) is 0 Å². The van der Waals surface area contributed by atoms with Gasteiger partial charge >= 0.3 is 0 Å². The van der Waals surface area contributed by atoms with E-state index >= 15 is 0 Å². The maximum Gasteiger partial charge on any atom is -0.00820 e. The zero-order valence-electron chi connectivity index (χ0n) is 19.3. The zero-order valence-corrected chi connectivity index (χ0v) is 19.3. The minimum Gasteiger partial charge on any atom is -0.0801 e. The van der Waals surface area contributed by atoms with E-state index in [-0.39, 0.29) is 0 Å². The average molecular weight is 425 g/mol. The van der Waals surface area contributed by atoms with Crippen molar-refractivity contribution in [2.24, 2.45) is 5.92 Å². The van der Waals surface area contributed by atoms with E-state index in [2.05, 4.69) is 117 Å². The van der Waals surface area contributed by atoms with Crippen molar-refractivity contribution in [2.75, 3.05) is 0 Å². The van der Waals surface area contributed by atoms with E-state index in [1.165, 1.54) is 60.5 Å². The summed E-state index contributed by atoms with van der Waals surface area (Å²) in [6, 6.07) is 26.8. The van der Waals surface area contributed by atoms with Crippen LogP contribution in [0.15, 0.2) is 103 Å². The Morgan fingerprint density at radius 2 is 1.48 bits per heavy atom. The predicted octanol–water partition coefficient (Wildman–Crippen LogP) is 9.02. The second-order valence-electron chi connectivity index (χ2n) is 9.45. The van der Waals surface area contributed by atoms with E-state index in [1.807, 2.05) is 0 Å². The van der Waals surface area contributed by atoms with Crippen molar-refractivity contribution >= 4 is 38.8 Å². The molecule has 0 saturated heterocycles. The predicted molar refractivity (Wildman–Crippen MR) is 144 cm³/mol. The fourth-order valence-electron chi connectivity index (χ4n) is 5.71. The highest BCUT2D eigenvalue weighted by Crippen LogP contribution is 2.41. The van der Waals surface area contributed by atoms with Gasteiger partial charge in [-0.25, -0.2) is 0 Å². The van der Waals surface area contributed by atoms with Crippen molar-refractivity contribution in [1.29, 1.82) is 0 Å². The van der Waals surface area contributed by atoms with Gasteiger partial charge in [-0.05, 0) is 86.7 Å². The van der Waals surface area contributed by atoms with Crippen LogP contribution in [-0.2, 0) is 6.42 Å². The van der Waals surface area contributed by atoms with Crippen LogP contribution in [0.4, 0.5) is 0 Å². The van der Waals surface area contributed by atoms with Gasteiger partial charge in [-0.1, -0.05) is 110 Å². The molecule has 0 bridgehead atoms. The van der Waals surface area contributed by atoms with Crippen LogP contribution in [0.3, 0.4) is 0 Å². The number of benzene rings is 4. The molecular weight excluding hydrogens is 396 g/mol. The van der Waals surface area contributed by atoms with Crippen molar-refractivity contribution < 1.29 is 0 Å². The second-order valence-corrected chi connectivity index (χ2v) is 9.45. The third-order valence-electron chi connectivity index (χ3n) is 7.33. The van der Waals surface area contributed by atoms with Crippen LogP contribution >= 0.6 is 0 Å². The Bertz CT molecular complexity index is 1510.